The summed E-state index contributed by atoms with van der Waals surface area (Å²) >= 11 is 0. The van der Waals surface area contributed by atoms with Crippen LogP contribution >= 0.6 is 0 Å². The van der Waals surface area contributed by atoms with Gasteiger partial charge in [0.05, 0.1) is 5.75 Å². The van der Waals surface area contributed by atoms with Crippen molar-refractivity contribution in [3.8, 4) is 0 Å². The predicted octanol–water partition coefficient (Wildman–Crippen LogP) is 1.17. The topological polar surface area (TPSA) is 74.8 Å². The molecule has 1 saturated carbocycles. The Morgan fingerprint density at radius 2 is 1.64 bits per heavy atom. The van der Waals surface area contributed by atoms with E-state index in [9.17, 15) is 18.0 Å². The van der Waals surface area contributed by atoms with Crippen LogP contribution in [0.2, 0.25) is 0 Å². The summed E-state index contributed by atoms with van der Waals surface area (Å²) in [6.45, 7) is 3.22. The second kappa shape index (κ2) is 7.15. The molecule has 6 nitrogen and oxygen atoms in total. The molecule has 3 rings (SSSR count). The standard InChI is InChI=1S/C18H24N2O4S/c1-14(21)19-8-10-20(11-9-19)18(22)13-25(23,24)12-16-4-2-3-5-17(16)15-6-7-15/h2-5,15H,6-13H2,1H3. The van der Waals surface area contributed by atoms with Gasteiger partial charge in [0, 0.05) is 33.1 Å². The lowest BCUT2D eigenvalue weighted by molar-refractivity contribution is -0.136. The van der Waals surface area contributed by atoms with Gasteiger partial charge in [-0.2, -0.15) is 0 Å². The summed E-state index contributed by atoms with van der Waals surface area (Å²) in [5.74, 6) is -0.462. The first-order chi connectivity index (χ1) is 11.9. The number of hydrogen-bond donors (Lipinski definition) is 0. The molecule has 0 N–H and O–H groups in total. The molecule has 0 unspecified atom stereocenters. The average Bonchev–Trinajstić information content (AvgIpc) is 3.39. The van der Waals surface area contributed by atoms with Crippen molar-refractivity contribution in [3.05, 3.63) is 35.4 Å². The maximum Gasteiger partial charge on any atom is 0.237 e. The lowest BCUT2D eigenvalue weighted by atomic mass is 10.1. The Hall–Kier alpha value is -1.89. The van der Waals surface area contributed by atoms with E-state index in [4.69, 9.17) is 0 Å². The second-order valence-electron chi connectivity index (χ2n) is 6.89. The molecule has 2 aliphatic rings. The van der Waals surface area contributed by atoms with Gasteiger partial charge in [-0.15, -0.1) is 0 Å². The molecule has 2 amide bonds. The molecule has 0 aromatic heterocycles. The fraction of sp³-hybridized carbons (Fsp3) is 0.556. The smallest absolute Gasteiger partial charge is 0.237 e. The van der Waals surface area contributed by atoms with Gasteiger partial charge in [-0.1, -0.05) is 24.3 Å². The summed E-state index contributed by atoms with van der Waals surface area (Å²) in [6, 6.07) is 7.62. The van der Waals surface area contributed by atoms with Crippen molar-refractivity contribution in [2.45, 2.75) is 31.4 Å². The minimum absolute atomic E-state index is 0.0172. The highest BCUT2D eigenvalue weighted by Gasteiger charge is 2.29. The summed E-state index contributed by atoms with van der Waals surface area (Å²) in [7, 11) is -3.51. The molecule has 136 valence electrons. The monoisotopic (exact) mass is 364 g/mol. The maximum atomic E-state index is 12.5. The van der Waals surface area contributed by atoms with Gasteiger partial charge >= 0.3 is 0 Å². The van der Waals surface area contributed by atoms with Gasteiger partial charge in [0.25, 0.3) is 0 Å². The van der Waals surface area contributed by atoms with Gasteiger partial charge in [-0.3, -0.25) is 9.59 Å². The van der Waals surface area contributed by atoms with E-state index >= 15 is 0 Å². The molecular formula is C18H24N2O4S. The molecule has 0 atom stereocenters. The third-order valence-corrected chi connectivity index (χ3v) is 6.31. The Bertz CT molecular complexity index is 763. The van der Waals surface area contributed by atoms with Crippen molar-refractivity contribution >= 4 is 21.7 Å². The highest BCUT2D eigenvalue weighted by atomic mass is 32.2. The first-order valence-electron chi connectivity index (χ1n) is 8.67. The van der Waals surface area contributed by atoms with Crippen LogP contribution in [0.15, 0.2) is 24.3 Å². The molecule has 25 heavy (non-hydrogen) atoms. The van der Waals surface area contributed by atoms with Crippen LogP contribution in [-0.4, -0.2) is 62.0 Å². The molecular weight excluding hydrogens is 340 g/mol. The molecule has 1 aliphatic heterocycles. The molecule has 0 spiro atoms. The fourth-order valence-corrected chi connectivity index (χ4v) is 4.69. The number of piperazine rings is 1. The Morgan fingerprint density at radius 3 is 2.24 bits per heavy atom. The van der Waals surface area contributed by atoms with Crippen LogP contribution in [0.25, 0.3) is 0 Å². The zero-order valence-corrected chi connectivity index (χ0v) is 15.3. The molecule has 1 saturated heterocycles. The Kier molecular flexibility index (Phi) is 5.13. The number of nitrogens with zero attached hydrogens (tertiary/aromatic N) is 2. The van der Waals surface area contributed by atoms with Crippen LogP contribution in [0.3, 0.4) is 0 Å². The summed E-state index contributed by atoms with van der Waals surface area (Å²) in [4.78, 5) is 26.9. The van der Waals surface area contributed by atoms with Crippen LogP contribution in [0.4, 0.5) is 0 Å². The molecule has 2 fully saturated rings. The van der Waals surface area contributed by atoms with Gasteiger partial charge in [-0.05, 0) is 29.9 Å². The first kappa shape index (κ1) is 17.9. The number of sulfone groups is 1. The van der Waals surface area contributed by atoms with Crippen LogP contribution in [0.1, 0.15) is 36.8 Å². The van der Waals surface area contributed by atoms with E-state index in [0.717, 1.165) is 24.0 Å². The summed E-state index contributed by atoms with van der Waals surface area (Å²) in [6.07, 6.45) is 2.22. The Morgan fingerprint density at radius 1 is 1.04 bits per heavy atom. The lowest BCUT2D eigenvalue weighted by Crippen LogP contribution is -2.51. The van der Waals surface area contributed by atoms with Gasteiger partial charge in [0.1, 0.15) is 5.75 Å². The third-order valence-electron chi connectivity index (χ3n) is 4.87. The van der Waals surface area contributed by atoms with E-state index in [1.165, 1.54) is 6.92 Å². The number of carbonyl (C=O) groups excluding carboxylic acids is 2. The van der Waals surface area contributed by atoms with Gasteiger partial charge in [0.2, 0.25) is 11.8 Å². The van der Waals surface area contributed by atoms with E-state index in [2.05, 4.69) is 0 Å². The number of carbonyl (C=O) groups is 2. The predicted molar refractivity (Wildman–Crippen MR) is 94.7 cm³/mol. The molecule has 0 bridgehead atoms. The minimum atomic E-state index is -3.51. The Labute approximate surface area is 148 Å². The third kappa shape index (κ3) is 4.60. The van der Waals surface area contributed by atoms with Crippen molar-refractivity contribution in [2.75, 3.05) is 31.9 Å². The van der Waals surface area contributed by atoms with E-state index < -0.39 is 15.6 Å². The van der Waals surface area contributed by atoms with Gasteiger partial charge in [-0.25, -0.2) is 8.42 Å². The molecule has 7 heteroatoms. The minimum Gasteiger partial charge on any atom is -0.339 e. The fourth-order valence-electron chi connectivity index (χ4n) is 3.30. The van der Waals surface area contributed by atoms with Crippen molar-refractivity contribution in [1.82, 2.24) is 9.80 Å². The number of hydrogen-bond acceptors (Lipinski definition) is 4. The Balaban J connectivity index is 1.60. The van der Waals surface area contributed by atoms with Crippen molar-refractivity contribution in [1.29, 1.82) is 0 Å². The normalized spacial score (nSPS) is 18.3. The first-order valence-corrected chi connectivity index (χ1v) is 10.5. The van der Waals surface area contributed by atoms with Crippen molar-refractivity contribution in [3.63, 3.8) is 0 Å². The van der Waals surface area contributed by atoms with Gasteiger partial charge < -0.3 is 9.80 Å². The van der Waals surface area contributed by atoms with E-state index in [0.29, 0.717) is 32.1 Å². The van der Waals surface area contributed by atoms with Crippen LogP contribution < -0.4 is 0 Å². The molecule has 1 aromatic rings. The van der Waals surface area contributed by atoms with E-state index in [-0.39, 0.29) is 17.6 Å². The van der Waals surface area contributed by atoms with Crippen LogP contribution in [-0.2, 0) is 25.2 Å². The average molecular weight is 364 g/mol. The SMILES string of the molecule is CC(=O)N1CCN(C(=O)CS(=O)(=O)Cc2ccccc2C2CC2)CC1. The number of rotatable bonds is 5. The zero-order chi connectivity index (χ0) is 18.0. The van der Waals surface area contributed by atoms with Gasteiger partial charge in [0.15, 0.2) is 9.84 Å². The molecule has 1 aliphatic carbocycles. The van der Waals surface area contributed by atoms with E-state index in [1.54, 1.807) is 9.80 Å². The largest absolute Gasteiger partial charge is 0.339 e. The molecule has 1 heterocycles. The molecule has 1 aromatic carbocycles. The zero-order valence-electron chi connectivity index (χ0n) is 14.5. The van der Waals surface area contributed by atoms with Crippen molar-refractivity contribution < 1.29 is 18.0 Å². The summed E-state index contributed by atoms with van der Waals surface area (Å²) in [5, 5.41) is 0. The highest BCUT2D eigenvalue weighted by molar-refractivity contribution is 7.91. The maximum absolute atomic E-state index is 12.5. The highest BCUT2D eigenvalue weighted by Crippen LogP contribution is 2.41. The molecule has 0 radical (unpaired) electrons. The number of amides is 2. The summed E-state index contributed by atoms with van der Waals surface area (Å²) in [5.41, 5.74) is 1.92. The van der Waals surface area contributed by atoms with Crippen LogP contribution in [0.5, 0.6) is 0 Å². The van der Waals surface area contributed by atoms with Crippen LogP contribution in [0, 0.1) is 0 Å². The van der Waals surface area contributed by atoms with E-state index in [1.807, 2.05) is 24.3 Å². The second-order valence-corrected chi connectivity index (χ2v) is 8.96. The number of benzene rings is 1. The quantitative estimate of drug-likeness (QED) is 0.786. The summed E-state index contributed by atoms with van der Waals surface area (Å²) < 4.78 is 25.0. The van der Waals surface area contributed by atoms with Crippen molar-refractivity contribution in [2.24, 2.45) is 0 Å². The lowest BCUT2D eigenvalue weighted by Gasteiger charge is -2.34.